The normalized spacial score (nSPS) is 20.8. The molecule has 0 aromatic heterocycles. The van der Waals surface area contributed by atoms with Gasteiger partial charge in [-0.25, -0.2) is 0 Å². The SMILES string of the molecule is OC(Cc1cccc(C(F)(F)F)c1)C1(O)CCCCCC1. The molecule has 1 aliphatic rings. The first-order valence-corrected chi connectivity index (χ1v) is 7.38. The topological polar surface area (TPSA) is 40.5 Å². The molecular formula is C16H21F3O2. The number of halogens is 3. The first-order chi connectivity index (χ1) is 9.81. The van der Waals surface area contributed by atoms with E-state index in [1.807, 2.05) is 0 Å². The Bertz CT molecular complexity index is 463. The van der Waals surface area contributed by atoms with E-state index in [4.69, 9.17) is 0 Å². The van der Waals surface area contributed by atoms with Crippen molar-refractivity contribution >= 4 is 0 Å². The minimum Gasteiger partial charge on any atom is -0.390 e. The Hall–Kier alpha value is -1.07. The van der Waals surface area contributed by atoms with Gasteiger partial charge in [0.1, 0.15) is 0 Å². The third-order valence-electron chi connectivity index (χ3n) is 4.27. The Morgan fingerprint density at radius 2 is 1.71 bits per heavy atom. The van der Waals surface area contributed by atoms with E-state index in [9.17, 15) is 23.4 Å². The van der Waals surface area contributed by atoms with E-state index in [0.29, 0.717) is 18.4 Å². The van der Waals surface area contributed by atoms with E-state index >= 15 is 0 Å². The fraction of sp³-hybridized carbons (Fsp3) is 0.625. The number of aliphatic hydroxyl groups excluding tert-OH is 1. The molecule has 0 amide bonds. The lowest BCUT2D eigenvalue weighted by Gasteiger charge is -2.32. The third kappa shape index (κ3) is 4.20. The summed E-state index contributed by atoms with van der Waals surface area (Å²) in [5.41, 5.74) is -1.50. The largest absolute Gasteiger partial charge is 0.416 e. The Kier molecular flexibility index (Phi) is 4.94. The van der Waals surface area contributed by atoms with Crippen LogP contribution in [-0.4, -0.2) is 21.9 Å². The molecule has 0 bridgehead atoms. The molecule has 0 aliphatic heterocycles. The highest BCUT2D eigenvalue weighted by Gasteiger charge is 2.36. The average molecular weight is 302 g/mol. The molecule has 21 heavy (non-hydrogen) atoms. The maximum Gasteiger partial charge on any atom is 0.416 e. The number of hydrogen-bond donors (Lipinski definition) is 2. The van der Waals surface area contributed by atoms with E-state index in [1.165, 1.54) is 6.07 Å². The van der Waals surface area contributed by atoms with Crippen molar-refractivity contribution in [1.82, 2.24) is 0 Å². The highest BCUT2D eigenvalue weighted by Crippen LogP contribution is 2.33. The summed E-state index contributed by atoms with van der Waals surface area (Å²) in [6.45, 7) is 0. The monoisotopic (exact) mass is 302 g/mol. The third-order valence-corrected chi connectivity index (χ3v) is 4.27. The second-order valence-electron chi connectivity index (χ2n) is 5.94. The second kappa shape index (κ2) is 6.36. The summed E-state index contributed by atoms with van der Waals surface area (Å²) in [6.07, 6.45) is -0.622. The van der Waals surface area contributed by atoms with Gasteiger partial charge in [-0.1, -0.05) is 43.9 Å². The molecule has 0 spiro atoms. The molecule has 1 atom stereocenters. The molecule has 2 rings (SSSR count). The van der Waals surface area contributed by atoms with E-state index in [1.54, 1.807) is 6.07 Å². The lowest BCUT2D eigenvalue weighted by molar-refractivity contribution is -0.137. The summed E-state index contributed by atoms with van der Waals surface area (Å²) in [6, 6.07) is 4.94. The average Bonchev–Trinajstić information content (AvgIpc) is 2.64. The summed E-state index contributed by atoms with van der Waals surface area (Å²) in [7, 11) is 0. The second-order valence-corrected chi connectivity index (χ2v) is 5.94. The molecule has 118 valence electrons. The Labute approximate surface area is 122 Å². The summed E-state index contributed by atoms with van der Waals surface area (Å²) >= 11 is 0. The van der Waals surface area contributed by atoms with Crippen LogP contribution in [0.4, 0.5) is 13.2 Å². The zero-order chi connectivity index (χ0) is 15.5. The smallest absolute Gasteiger partial charge is 0.390 e. The lowest BCUT2D eigenvalue weighted by atomic mass is 9.85. The van der Waals surface area contributed by atoms with Crippen molar-refractivity contribution in [2.45, 2.75) is 62.8 Å². The molecule has 1 saturated carbocycles. The molecule has 1 fully saturated rings. The Balaban J connectivity index is 2.10. The van der Waals surface area contributed by atoms with Gasteiger partial charge in [0, 0.05) is 6.42 Å². The van der Waals surface area contributed by atoms with Crippen LogP contribution in [0.5, 0.6) is 0 Å². The molecular weight excluding hydrogens is 281 g/mol. The number of alkyl halides is 3. The van der Waals surface area contributed by atoms with E-state index in [0.717, 1.165) is 37.8 Å². The molecule has 0 heterocycles. The zero-order valence-corrected chi connectivity index (χ0v) is 11.9. The molecule has 2 nitrogen and oxygen atoms in total. The molecule has 1 unspecified atom stereocenters. The first kappa shape index (κ1) is 16.3. The van der Waals surface area contributed by atoms with E-state index < -0.39 is 23.4 Å². The van der Waals surface area contributed by atoms with Crippen LogP contribution >= 0.6 is 0 Å². The van der Waals surface area contributed by atoms with Crippen molar-refractivity contribution in [1.29, 1.82) is 0 Å². The molecule has 1 aromatic carbocycles. The zero-order valence-electron chi connectivity index (χ0n) is 11.9. The van der Waals surface area contributed by atoms with Gasteiger partial charge in [0.15, 0.2) is 0 Å². The van der Waals surface area contributed by atoms with Gasteiger partial charge in [0.25, 0.3) is 0 Å². The summed E-state index contributed by atoms with van der Waals surface area (Å²) in [5, 5.41) is 20.8. The van der Waals surface area contributed by atoms with Gasteiger partial charge in [-0.3, -0.25) is 0 Å². The minimum absolute atomic E-state index is 0.0421. The highest BCUT2D eigenvalue weighted by molar-refractivity contribution is 5.26. The predicted molar refractivity (Wildman–Crippen MR) is 73.8 cm³/mol. The van der Waals surface area contributed by atoms with E-state index in [2.05, 4.69) is 0 Å². The van der Waals surface area contributed by atoms with Crippen LogP contribution in [0, 0.1) is 0 Å². The van der Waals surface area contributed by atoms with Gasteiger partial charge in [0.05, 0.1) is 17.3 Å². The van der Waals surface area contributed by atoms with Gasteiger partial charge in [0.2, 0.25) is 0 Å². The van der Waals surface area contributed by atoms with Crippen molar-refractivity contribution in [3.8, 4) is 0 Å². The van der Waals surface area contributed by atoms with E-state index in [-0.39, 0.29) is 6.42 Å². The van der Waals surface area contributed by atoms with Crippen LogP contribution in [0.25, 0.3) is 0 Å². The van der Waals surface area contributed by atoms with Crippen molar-refractivity contribution in [3.63, 3.8) is 0 Å². The molecule has 1 aromatic rings. The van der Waals surface area contributed by atoms with Gasteiger partial charge >= 0.3 is 6.18 Å². The lowest BCUT2D eigenvalue weighted by Crippen LogP contribution is -2.43. The Morgan fingerprint density at radius 3 is 2.29 bits per heavy atom. The van der Waals surface area contributed by atoms with Gasteiger partial charge in [-0.05, 0) is 24.5 Å². The fourth-order valence-electron chi connectivity index (χ4n) is 2.96. The number of aliphatic hydroxyl groups is 2. The molecule has 1 aliphatic carbocycles. The maximum atomic E-state index is 12.7. The number of rotatable bonds is 3. The van der Waals surface area contributed by atoms with Crippen molar-refractivity contribution in [2.24, 2.45) is 0 Å². The summed E-state index contributed by atoms with van der Waals surface area (Å²) < 4.78 is 38.0. The predicted octanol–water partition coefficient (Wildman–Crippen LogP) is 3.69. The number of hydrogen-bond acceptors (Lipinski definition) is 2. The number of benzene rings is 1. The standard InChI is InChI=1S/C16H21F3O2/c17-16(18,19)13-7-5-6-12(10-13)11-14(20)15(21)8-3-1-2-4-9-15/h5-7,10,14,20-21H,1-4,8-9,11H2. The maximum absolute atomic E-state index is 12.7. The molecule has 5 heteroatoms. The van der Waals surface area contributed by atoms with Crippen LogP contribution in [0.2, 0.25) is 0 Å². The van der Waals surface area contributed by atoms with Crippen LogP contribution in [-0.2, 0) is 12.6 Å². The molecule has 0 radical (unpaired) electrons. The first-order valence-electron chi connectivity index (χ1n) is 7.38. The van der Waals surface area contributed by atoms with Gasteiger partial charge in [-0.15, -0.1) is 0 Å². The fourth-order valence-corrected chi connectivity index (χ4v) is 2.96. The van der Waals surface area contributed by atoms with Crippen LogP contribution in [0.1, 0.15) is 49.7 Å². The van der Waals surface area contributed by atoms with Crippen molar-refractivity contribution < 1.29 is 23.4 Å². The van der Waals surface area contributed by atoms with Crippen LogP contribution in [0.3, 0.4) is 0 Å². The highest BCUT2D eigenvalue weighted by atomic mass is 19.4. The van der Waals surface area contributed by atoms with Crippen LogP contribution in [0.15, 0.2) is 24.3 Å². The minimum atomic E-state index is -4.39. The van der Waals surface area contributed by atoms with Gasteiger partial charge < -0.3 is 10.2 Å². The summed E-state index contributed by atoms with van der Waals surface area (Å²) in [5.74, 6) is 0. The molecule has 2 N–H and O–H groups in total. The quantitative estimate of drug-likeness (QED) is 0.836. The molecule has 0 saturated heterocycles. The van der Waals surface area contributed by atoms with Crippen molar-refractivity contribution in [2.75, 3.05) is 0 Å². The van der Waals surface area contributed by atoms with Crippen molar-refractivity contribution in [3.05, 3.63) is 35.4 Å². The van der Waals surface area contributed by atoms with Crippen LogP contribution < -0.4 is 0 Å². The van der Waals surface area contributed by atoms with Gasteiger partial charge in [-0.2, -0.15) is 13.2 Å². The Morgan fingerprint density at radius 1 is 1.10 bits per heavy atom. The summed E-state index contributed by atoms with van der Waals surface area (Å²) in [4.78, 5) is 0.